The summed E-state index contributed by atoms with van der Waals surface area (Å²) in [5.74, 6) is 0.0410. The number of nitrogens with one attached hydrogen (secondary N) is 1. The van der Waals surface area contributed by atoms with Crippen LogP contribution < -0.4 is 5.32 Å². The van der Waals surface area contributed by atoms with Crippen molar-refractivity contribution in [2.75, 3.05) is 13.1 Å². The van der Waals surface area contributed by atoms with Crippen LogP contribution in [0.3, 0.4) is 0 Å². The van der Waals surface area contributed by atoms with E-state index in [1.807, 2.05) is 41.1 Å². The Kier molecular flexibility index (Phi) is 5.14. The fourth-order valence-corrected chi connectivity index (χ4v) is 4.78. The first-order valence-corrected chi connectivity index (χ1v) is 11.1. The second-order valence-electron chi connectivity index (χ2n) is 7.64. The average molecular weight is 413 g/mol. The monoisotopic (exact) mass is 412 g/mol. The number of aromatic nitrogens is 2. The lowest BCUT2D eigenvalue weighted by molar-refractivity contribution is 0.0951. The fourth-order valence-electron chi connectivity index (χ4n) is 3.41. The van der Waals surface area contributed by atoms with Gasteiger partial charge in [-0.2, -0.15) is 0 Å². The SMILES string of the molecule is CC(C)S(=O)(=O)N1CC(c2ccc(C(=O)NCc3ccn4ccnc4c3)cc2)C1. The van der Waals surface area contributed by atoms with Crippen LogP contribution in [0.1, 0.15) is 41.3 Å². The molecule has 0 spiro atoms. The van der Waals surface area contributed by atoms with Crippen molar-refractivity contribution in [3.8, 4) is 0 Å². The standard InChI is InChI=1S/C21H24N4O3S/c1-15(2)29(27,28)25-13-19(14-25)17-3-5-18(6-4-17)21(26)23-12-16-7-9-24-10-8-22-20(24)11-16/h3-11,15,19H,12-14H2,1-2H3,(H,23,26). The molecule has 3 aromatic rings. The van der Waals surface area contributed by atoms with Crippen LogP contribution in [0.2, 0.25) is 0 Å². The number of imidazole rings is 1. The highest BCUT2D eigenvalue weighted by molar-refractivity contribution is 7.89. The zero-order chi connectivity index (χ0) is 20.6. The molecule has 0 unspecified atom stereocenters. The predicted octanol–water partition coefficient (Wildman–Crippen LogP) is 2.40. The highest BCUT2D eigenvalue weighted by Gasteiger charge is 2.37. The highest BCUT2D eigenvalue weighted by Crippen LogP contribution is 2.30. The first-order chi connectivity index (χ1) is 13.8. The molecule has 2 aromatic heterocycles. The van der Waals surface area contributed by atoms with E-state index >= 15 is 0 Å². The Morgan fingerprint density at radius 2 is 1.90 bits per heavy atom. The highest BCUT2D eigenvalue weighted by atomic mass is 32.2. The fraction of sp³-hybridized carbons (Fsp3) is 0.333. The van der Waals surface area contributed by atoms with Crippen LogP contribution in [0.4, 0.5) is 0 Å². The van der Waals surface area contributed by atoms with E-state index in [9.17, 15) is 13.2 Å². The Labute approximate surface area is 170 Å². The molecule has 4 rings (SSSR count). The van der Waals surface area contributed by atoms with Gasteiger partial charge in [0.2, 0.25) is 10.0 Å². The van der Waals surface area contributed by atoms with Crippen molar-refractivity contribution in [2.45, 2.75) is 31.6 Å². The number of rotatable bonds is 6. The van der Waals surface area contributed by atoms with Crippen molar-refractivity contribution in [3.63, 3.8) is 0 Å². The van der Waals surface area contributed by atoms with E-state index < -0.39 is 15.3 Å². The largest absolute Gasteiger partial charge is 0.348 e. The average Bonchev–Trinajstić information content (AvgIpc) is 3.13. The summed E-state index contributed by atoms with van der Waals surface area (Å²) in [4.78, 5) is 16.7. The lowest BCUT2D eigenvalue weighted by Crippen LogP contribution is -2.50. The molecule has 0 saturated carbocycles. The van der Waals surface area contributed by atoms with Crippen molar-refractivity contribution in [1.82, 2.24) is 19.0 Å². The number of nitrogens with zero attached hydrogens (tertiary/aromatic N) is 3. The minimum absolute atomic E-state index is 0.141. The molecule has 7 nitrogen and oxygen atoms in total. The molecule has 152 valence electrons. The van der Waals surface area contributed by atoms with Gasteiger partial charge in [0.05, 0.1) is 5.25 Å². The van der Waals surface area contributed by atoms with Crippen LogP contribution in [0, 0.1) is 0 Å². The molecule has 1 aliphatic rings. The van der Waals surface area contributed by atoms with Gasteiger partial charge in [-0.1, -0.05) is 12.1 Å². The number of hydrogen-bond acceptors (Lipinski definition) is 4. The normalized spacial score (nSPS) is 15.6. The van der Waals surface area contributed by atoms with E-state index in [2.05, 4.69) is 10.3 Å². The van der Waals surface area contributed by atoms with E-state index in [0.29, 0.717) is 25.2 Å². The molecule has 0 atom stereocenters. The maximum Gasteiger partial charge on any atom is 0.251 e. The zero-order valence-electron chi connectivity index (χ0n) is 16.4. The summed E-state index contributed by atoms with van der Waals surface area (Å²) >= 11 is 0. The number of sulfonamides is 1. The van der Waals surface area contributed by atoms with Crippen LogP contribution in [0.15, 0.2) is 55.0 Å². The molecule has 8 heteroatoms. The minimum atomic E-state index is -3.18. The molecule has 29 heavy (non-hydrogen) atoms. The third-order valence-corrected chi connectivity index (χ3v) is 7.57. The van der Waals surface area contributed by atoms with Crippen LogP contribution in [-0.4, -0.2) is 46.4 Å². The lowest BCUT2D eigenvalue weighted by Gasteiger charge is -2.39. The number of pyridine rings is 1. The van der Waals surface area contributed by atoms with Gasteiger partial charge in [-0.05, 0) is 49.2 Å². The predicted molar refractivity (Wildman–Crippen MR) is 111 cm³/mol. The smallest absolute Gasteiger partial charge is 0.251 e. The van der Waals surface area contributed by atoms with E-state index in [0.717, 1.165) is 16.8 Å². The van der Waals surface area contributed by atoms with Crippen LogP contribution in [-0.2, 0) is 16.6 Å². The maximum atomic E-state index is 12.4. The van der Waals surface area contributed by atoms with Gasteiger partial charge >= 0.3 is 0 Å². The summed E-state index contributed by atoms with van der Waals surface area (Å²) < 4.78 is 27.7. The Balaban J connectivity index is 1.33. The van der Waals surface area contributed by atoms with Gasteiger partial charge in [0, 0.05) is 49.7 Å². The first kappa shape index (κ1) is 19.6. The lowest BCUT2D eigenvalue weighted by atomic mass is 9.93. The number of fused-ring (bicyclic) bond motifs is 1. The summed E-state index contributed by atoms with van der Waals surface area (Å²) in [6.45, 7) is 4.83. The number of hydrogen-bond donors (Lipinski definition) is 1. The molecule has 3 heterocycles. The van der Waals surface area contributed by atoms with Gasteiger partial charge in [-0.3, -0.25) is 4.79 Å². The van der Waals surface area contributed by atoms with Gasteiger partial charge in [-0.25, -0.2) is 17.7 Å². The minimum Gasteiger partial charge on any atom is -0.348 e. The van der Waals surface area contributed by atoms with Crippen LogP contribution >= 0.6 is 0 Å². The second kappa shape index (κ2) is 7.61. The van der Waals surface area contributed by atoms with Crippen LogP contribution in [0.25, 0.3) is 5.65 Å². The third-order valence-electron chi connectivity index (χ3n) is 5.36. The summed E-state index contributed by atoms with van der Waals surface area (Å²) in [5, 5.41) is 2.53. The van der Waals surface area contributed by atoms with Gasteiger partial charge in [-0.15, -0.1) is 0 Å². The molecular formula is C21H24N4O3S. The van der Waals surface area contributed by atoms with E-state index in [-0.39, 0.29) is 11.8 Å². The summed E-state index contributed by atoms with van der Waals surface area (Å²) in [7, 11) is -3.18. The molecule has 0 radical (unpaired) electrons. The van der Waals surface area contributed by atoms with Gasteiger partial charge in [0.15, 0.2) is 0 Å². The van der Waals surface area contributed by atoms with Gasteiger partial charge in [0.25, 0.3) is 5.91 Å². The molecule has 1 aromatic carbocycles. The Morgan fingerprint density at radius 1 is 1.17 bits per heavy atom. The van der Waals surface area contributed by atoms with E-state index in [1.54, 1.807) is 32.2 Å². The van der Waals surface area contributed by atoms with E-state index in [1.165, 1.54) is 4.31 Å². The molecule has 1 saturated heterocycles. The Bertz CT molecular complexity index is 1130. The van der Waals surface area contributed by atoms with Gasteiger partial charge in [0.1, 0.15) is 5.65 Å². The van der Waals surface area contributed by atoms with Gasteiger partial charge < -0.3 is 9.72 Å². The number of carbonyl (C=O) groups excluding carboxylic acids is 1. The molecular weight excluding hydrogens is 388 g/mol. The summed E-state index contributed by atoms with van der Waals surface area (Å²) in [5.41, 5.74) is 3.47. The summed E-state index contributed by atoms with van der Waals surface area (Å²) in [6.07, 6.45) is 5.53. The van der Waals surface area contributed by atoms with Crippen molar-refractivity contribution >= 4 is 21.6 Å². The zero-order valence-corrected chi connectivity index (χ0v) is 17.3. The Morgan fingerprint density at radius 3 is 2.59 bits per heavy atom. The molecule has 0 aliphatic carbocycles. The van der Waals surface area contributed by atoms with Crippen molar-refractivity contribution in [2.24, 2.45) is 0 Å². The third kappa shape index (κ3) is 3.90. The molecule has 1 N–H and O–H groups in total. The van der Waals surface area contributed by atoms with Crippen molar-refractivity contribution in [1.29, 1.82) is 0 Å². The molecule has 1 aliphatic heterocycles. The molecule has 0 bridgehead atoms. The number of carbonyl (C=O) groups is 1. The van der Waals surface area contributed by atoms with E-state index in [4.69, 9.17) is 0 Å². The van der Waals surface area contributed by atoms with Crippen LogP contribution in [0.5, 0.6) is 0 Å². The molecule has 1 fully saturated rings. The topological polar surface area (TPSA) is 83.8 Å². The van der Waals surface area contributed by atoms with Crippen molar-refractivity contribution in [3.05, 3.63) is 71.7 Å². The molecule has 1 amide bonds. The Hall–Kier alpha value is -2.71. The quantitative estimate of drug-likeness (QED) is 0.674. The van der Waals surface area contributed by atoms with Crippen molar-refractivity contribution < 1.29 is 13.2 Å². The summed E-state index contributed by atoms with van der Waals surface area (Å²) in [6, 6.07) is 11.3. The maximum absolute atomic E-state index is 12.4. The first-order valence-electron chi connectivity index (χ1n) is 9.63. The number of amides is 1. The second-order valence-corrected chi connectivity index (χ2v) is 10.1. The number of benzene rings is 1.